The third kappa shape index (κ3) is 10.9. The lowest BCUT2D eigenvalue weighted by atomic mass is 9.87. The first kappa shape index (κ1) is 40.5. The summed E-state index contributed by atoms with van der Waals surface area (Å²) in [5.74, 6) is -0.0394. The van der Waals surface area contributed by atoms with Crippen LogP contribution < -0.4 is 14.8 Å². The van der Waals surface area contributed by atoms with Crippen molar-refractivity contribution in [2.75, 3.05) is 13.9 Å². The van der Waals surface area contributed by atoms with E-state index in [1.165, 1.54) is 13.8 Å². The summed E-state index contributed by atoms with van der Waals surface area (Å²) < 4.78 is 34.2. The van der Waals surface area contributed by atoms with Gasteiger partial charge in [-0.2, -0.15) is 0 Å². The number of carbonyl (C=O) groups excluding carboxylic acids is 2. The van der Waals surface area contributed by atoms with Crippen molar-refractivity contribution in [3.05, 3.63) is 59.7 Å². The summed E-state index contributed by atoms with van der Waals surface area (Å²) in [6, 6.07) is 5.24. The monoisotopic (exact) mass is 715 g/mol. The van der Waals surface area contributed by atoms with Gasteiger partial charge < -0.3 is 49.1 Å². The molecule has 1 aromatic carbocycles. The van der Waals surface area contributed by atoms with Crippen LogP contribution in [0.5, 0.6) is 11.5 Å². The second-order valence-electron chi connectivity index (χ2n) is 14.6. The van der Waals surface area contributed by atoms with Gasteiger partial charge in [-0.1, -0.05) is 51.1 Å². The minimum absolute atomic E-state index is 0.0156. The average molecular weight is 716 g/mol. The van der Waals surface area contributed by atoms with Crippen molar-refractivity contribution in [1.82, 2.24) is 5.32 Å². The van der Waals surface area contributed by atoms with E-state index in [4.69, 9.17) is 28.4 Å². The number of aliphatic hydroxyl groups excluding tert-OH is 1. The van der Waals surface area contributed by atoms with Gasteiger partial charge in [-0.25, -0.2) is 0 Å². The smallest absolute Gasteiger partial charge is 0.309 e. The Kier molecular flexibility index (Phi) is 13.9. The summed E-state index contributed by atoms with van der Waals surface area (Å²) in [6.07, 6.45) is 6.23. The molecule has 4 rings (SSSR count). The van der Waals surface area contributed by atoms with Gasteiger partial charge in [0.05, 0.1) is 36.4 Å². The maximum absolute atomic E-state index is 12.9. The minimum atomic E-state index is -1.46. The van der Waals surface area contributed by atoms with Crippen LogP contribution in [0, 0.1) is 11.8 Å². The number of carbonyl (C=O) groups is 2. The summed E-state index contributed by atoms with van der Waals surface area (Å²) in [7, 11) is 1.70. The van der Waals surface area contributed by atoms with E-state index >= 15 is 0 Å². The van der Waals surface area contributed by atoms with Crippen molar-refractivity contribution >= 4 is 11.9 Å². The van der Waals surface area contributed by atoms with Crippen molar-refractivity contribution in [3.63, 3.8) is 0 Å². The molecule has 0 bridgehead atoms. The van der Waals surface area contributed by atoms with Gasteiger partial charge in [-0.05, 0) is 69.4 Å². The second-order valence-corrected chi connectivity index (χ2v) is 14.6. The number of methoxy groups -OCH3 is 1. The molecule has 12 heteroatoms. The minimum Gasteiger partial charge on any atom is -0.457 e. The fourth-order valence-electron chi connectivity index (χ4n) is 6.95. The van der Waals surface area contributed by atoms with Gasteiger partial charge in [0.25, 0.3) is 0 Å². The molecule has 1 fully saturated rings. The van der Waals surface area contributed by atoms with Gasteiger partial charge in [0.1, 0.15) is 23.9 Å². The molecule has 0 saturated carbocycles. The van der Waals surface area contributed by atoms with E-state index in [1.807, 2.05) is 32.0 Å². The van der Waals surface area contributed by atoms with E-state index in [2.05, 4.69) is 19.2 Å². The number of benzene rings is 1. The number of nitrogens with one attached hydrogen (secondary N) is 1. The lowest BCUT2D eigenvalue weighted by Crippen LogP contribution is -2.52. The van der Waals surface area contributed by atoms with Crippen molar-refractivity contribution in [3.8, 4) is 11.5 Å². The highest BCUT2D eigenvalue weighted by molar-refractivity contribution is 5.70. The molecule has 3 aliphatic heterocycles. The van der Waals surface area contributed by atoms with Gasteiger partial charge in [-0.3, -0.25) is 9.59 Å². The summed E-state index contributed by atoms with van der Waals surface area (Å²) in [6.45, 7) is 13.0. The molecule has 0 radical (unpaired) electrons. The van der Waals surface area contributed by atoms with Crippen molar-refractivity contribution in [1.29, 1.82) is 0 Å². The van der Waals surface area contributed by atoms with Crippen LogP contribution in [0.25, 0.3) is 0 Å². The fraction of sp³-hybridized carbons (Fsp3) is 0.641. The lowest BCUT2D eigenvalue weighted by molar-refractivity contribution is -0.157. The molecule has 12 nitrogen and oxygen atoms in total. The molecule has 0 spiro atoms. The molecule has 0 amide bonds. The number of fused-ring (bicyclic) bond motifs is 1. The normalized spacial score (nSPS) is 32.1. The Bertz CT molecular complexity index is 1430. The highest BCUT2D eigenvalue weighted by Crippen LogP contribution is 2.39. The van der Waals surface area contributed by atoms with Crippen LogP contribution in [0.3, 0.4) is 0 Å². The van der Waals surface area contributed by atoms with E-state index in [0.29, 0.717) is 23.6 Å². The maximum Gasteiger partial charge on any atom is 0.309 e. The predicted molar refractivity (Wildman–Crippen MR) is 190 cm³/mol. The molecular weight excluding hydrogens is 658 g/mol. The number of rotatable bonds is 13. The summed E-state index contributed by atoms with van der Waals surface area (Å²) in [5, 5.41) is 37.1. The van der Waals surface area contributed by atoms with Gasteiger partial charge >= 0.3 is 11.9 Å². The fourth-order valence-corrected chi connectivity index (χ4v) is 6.95. The molecule has 1 saturated heterocycles. The Morgan fingerprint density at radius 1 is 1.20 bits per heavy atom. The number of hydrogen-bond donors (Lipinski definition) is 4. The summed E-state index contributed by atoms with van der Waals surface area (Å²) in [5.41, 5.74) is -1.19. The quantitative estimate of drug-likeness (QED) is 0.0993. The van der Waals surface area contributed by atoms with Crippen LogP contribution in [0.1, 0.15) is 79.7 Å². The maximum atomic E-state index is 12.9. The first-order valence-electron chi connectivity index (χ1n) is 17.9. The molecule has 3 heterocycles. The summed E-state index contributed by atoms with van der Waals surface area (Å²) in [4.78, 5) is 24.7. The van der Waals surface area contributed by atoms with Gasteiger partial charge in [0, 0.05) is 32.4 Å². The molecular formula is C39H57NO11. The van der Waals surface area contributed by atoms with Gasteiger partial charge in [0.15, 0.2) is 11.5 Å². The molecule has 4 N–H and O–H groups in total. The predicted octanol–water partition coefficient (Wildman–Crippen LogP) is 4.29. The molecule has 3 unspecified atom stereocenters. The van der Waals surface area contributed by atoms with Crippen LogP contribution in [-0.2, 0) is 35.1 Å². The Hall–Kier alpha value is -3.26. The zero-order valence-electron chi connectivity index (χ0n) is 31.2. The first-order valence-corrected chi connectivity index (χ1v) is 17.9. The highest BCUT2D eigenvalue weighted by Gasteiger charge is 2.54. The zero-order valence-corrected chi connectivity index (χ0v) is 31.2. The topological polar surface area (TPSA) is 166 Å². The molecule has 0 aliphatic carbocycles. The van der Waals surface area contributed by atoms with Crippen LogP contribution in [0.4, 0.5) is 0 Å². The first-order chi connectivity index (χ1) is 24.1. The number of hydrogen-bond acceptors (Lipinski definition) is 12. The largest absolute Gasteiger partial charge is 0.457 e. The van der Waals surface area contributed by atoms with E-state index in [1.54, 1.807) is 44.4 Å². The molecule has 3 aliphatic rings. The Morgan fingerprint density at radius 3 is 2.61 bits per heavy atom. The second kappa shape index (κ2) is 17.5. The lowest BCUT2D eigenvalue weighted by Gasteiger charge is -2.32. The number of ether oxygens (including phenoxy) is 6. The third-order valence-electron chi connectivity index (χ3n) is 10.2. The highest BCUT2D eigenvalue weighted by atomic mass is 16.7. The van der Waals surface area contributed by atoms with E-state index < -0.39 is 53.4 Å². The number of aliphatic hydroxyl groups is 3. The Balaban J connectivity index is 1.56. The SMILES string of the molecule is CC[C@H](OC)[C@@H](C)[C@H]1O[C@@H]1C(NCc1ccc2c(c1)OCO2)C(C)(O)/C=C/C=C(\C)C1OC(=O)C[C@H](O)CC[C@@](C)(O)[C@@H](OC(C)=O)/C=C/[C@@H]1C. The standard InChI is InChI=1S/C39H57NO11/c1-9-29(46-8)25(4)35-36(51-35)37(40-21-27-13-14-30-31(19-27)48-22-47-30)39(7,45)17-10-11-23(2)34-24(3)12-15-32(49-26(5)41)38(6,44)18-16-28(42)20-33(43)50-34/h10-15,17,19,24-25,28-29,32,34-37,40,42,44-45H,9,16,18,20-22H2,1-8H3/b15-12+,17-10+,23-11+/t24-,25+,28+,29-,32-,34?,35+,36-,37?,38+,39?/m0/s1. The van der Waals surface area contributed by atoms with E-state index in [0.717, 1.165) is 12.0 Å². The summed E-state index contributed by atoms with van der Waals surface area (Å²) >= 11 is 0. The number of epoxide rings is 1. The number of cyclic esters (lactones) is 1. The van der Waals surface area contributed by atoms with Crippen LogP contribution >= 0.6 is 0 Å². The molecule has 51 heavy (non-hydrogen) atoms. The van der Waals surface area contributed by atoms with Crippen molar-refractivity contribution in [2.45, 2.75) is 135 Å². The van der Waals surface area contributed by atoms with E-state index in [9.17, 15) is 24.9 Å². The van der Waals surface area contributed by atoms with Crippen molar-refractivity contribution in [2.24, 2.45) is 11.8 Å². The van der Waals surface area contributed by atoms with Gasteiger partial charge in [0.2, 0.25) is 6.79 Å². The zero-order chi connectivity index (χ0) is 37.5. The Morgan fingerprint density at radius 2 is 1.92 bits per heavy atom. The van der Waals surface area contributed by atoms with E-state index in [-0.39, 0.29) is 50.3 Å². The Labute approximate surface area is 301 Å². The van der Waals surface area contributed by atoms with Crippen molar-refractivity contribution < 1.29 is 53.3 Å². The van der Waals surface area contributed by atoms with Crippen LogP contribution in [0.15, 0.2) is 54.2 Å². The number of allylic oxidation sites excluding steroid dienone is 2. The third-order valence-corrected chi connectivity index (χ3v) is 10.2. The molecule has 1 aromatic rings. The van der Waals surface area contributed by atoms with Crippen LogP contribution in [-0.4, -0.2) is 95.0 Å². The molecule has 11 atom stereocenters. The van der Waals surface area contributed by atoms with Crippen LogP contribution in [0.2, 0.25) is 0 Å². The van der Waals surface area contributed by atoms with Gasteiger partial charge in [-0.15, -0.1) is 0 Å². The average Bonchev–Trinajstić information content (AvgIpc) is 3.70. The number of esters is 2. The molecule has 284 valence electrons. The molecule has 0 aromatic heterocycles.